The van der Waals surface area contributed by atoms with Gasteiger partial charge in [-0.05, 0) is 18.2 Å². The molecule has 0 bridgehead atoms. The number of nitrogens with zero attached hydrogens (tertiary/aromatic N) is 4. The topological polar surface area (TPSA) is 41.5 Å². The number of hydrogen-bond acceptors (Lipinski definition) is 5. The van der Waals surface area contributed by atoms with Crippen LogP contribution in [0.1, 0.15) is 0 Å². The average Bonchev–Trinajstić information content (AvgIpc) is 2.90. The number of aromatic nitrogens is 2. The third kappa shape index (κ3) is 1.87. The Morgan fingerprint density at radius 2 is 2.29 bits per heavy atom. The number of hydrogen-bond donors (Lipinski definition) is 0. The lowest BCUT2D eigenvalue weighted by Crippen LogP contribution is -2.43. The lowest BCUT2D eigenvalue weighted by atomic mass is 10.4. The van der Waals surface area contributed by atoms with Gasteiger partial charge in [0.2, 0.25) is 6.23 Å². The second-order valence-electron chi connectivity index (χ2n) is 3.65. The third-order valence-corrected chi connectivity index (χ3v) is 2.57. The monoisotopic (exact) mass is 228 g/mol. The quantitative estimate of drug-likeness (QED) is 0.766. The van der Waals surface area contributed by atoms with Gasteiger partial charge in [0.05, 0.1) is 19.0 Å². The summed E-state index contributed by atoms with van der Waals surface area (Å²) in [5.41, 5.74) is 0. The highest BCUT2D eigenvalue weighted by molar-refractivity contribution is 5.38. The molecule has 2 aliphatic rings. The van der Waals surface area contributed by atoms with Gasteiger partial charge in [-0.15, -0.1) is 0 Å². The zero-order valence-electron chi connectivity index (χ0n) is 9.18. The van der Waals surface area contributed by atoms with Crippen LogP contribution in [0, 0.1) is 0 Å². The second-order valence-corrected chi connectivity index (χ2v) is 3.65. The van der Waals surface area contributed by atoms with Crippen molar-refractivity contribution in [1.82, 2.24) is 15.0 Å². The van der Waals surface area contributed by atoms with E-state index >= 15 is 0 Å². The number of ether oxygens (including phenoxy) is 1. The van der Waals surface area contributed by atoms with Crippen molar-refractivity contribution in [3.8, 4) is 0 Å². The molecule has 0 amide bonds. The normalized spacial score (nSPS) is 22.0. The molecule has 0 spiro atoms. The summed E-state index contributed by atoms with van der Waals surface area (Å²) in [6.07, 6.45) is 16.5. The Labute approximate surface area is 99.3 Å². The molecule has 3 heterocycles. The summed E-state index contributed by atoms with van der Waals surface area (Å²) in [6, 6.07) is 0. The van der Waals surface area contributed by atoms with Crippen LogP contribution < -0.4 is 5.01 Å². The van der Waals surface area contributed by atoms with E-state index in [0.29, 0.717) is 0 Å². The molecule has 0 aliphatic carbocycles. The van der Waals surface area contributed by atoms with E-state index in [1.165, 1.54) is 0 Å². The molecule has 0 saturated carbocycles. The zero-order chi connectivity index (χ0) is 11.5. The molecule has 17 heavy (non-hydrogen) atoms. The molecule has 0 N–H and O–H groups in total. The van der Waals surface area contributed by atoms with Crippen molar-refractivity contribution in [2.24, 2.45) is 0 Å². The Balaban J connectivity index is 1.82. The second kappa shape index (κ2) is 4.29. The maximum absolute atomic E-state index is 5.53. The van der Waals surface area contributed by atoms with Crippen molar-refractivity contribution in [3.63, 3.8) is 0 Å². The smallest absolute Gasteiger partial charge is 0.208 e. The van der Waals surface area contributed by atoms with Crippen LogP contribution in [0.2, 0.25) is 0 Å². The largest absolute Gasteiger partial charge is 0.473 e. The molecule has 1 aromatic rings. The lowest BCUT2D eigenvalue weighted by molar-refractivity contribution is 0.0569. The molecule has 5 nitrogen and oxygen atoms in total. The molecule has 1 unspecified atom stereocenters. The van der Waals surface area contributed by atoms with Crippen LogP contribution in [0.4, 0.5) is 5.82 Å². The lowest BCUT2D eigenvalue weighted by Gasteiger charge is -2.34. The standard InChI is InChI=1S/C12H12N4O/c1-2-9-17-12(4-1)16-8-3-7-15(16)11-10-13-5-6-14-11/h1-6,8-10,12H,7H2. The first-order valence-corrected chi connectivity index (χ1v) is 5.42. The van der Waals surface area contributed by atoms with E-state index in [9.17, 15) is 0 Å². The first kappa shape index (κ1) is 9.89. The SMILES string of the molecule is C1=COC(N2C=CCN2c2cnccn2)C=C1. The van der Waals surface area contributed by atoms with Crippen LogP contribution in [0.5, 0.6) is 0 Å². The molecule has 0 radical (unpaired) electrons. The Bertz CT molecular complexity index is 469. The Morgan fingerprint density at radius 1 is 1.29 bits per heavy atom. The van der Waals surface area contributed by atoms with Crippen molar-refractivity contribution >= 4 is 5.82 Å². The van der Waals surface area contributed by atoms with Gasteiger partial charge in [0, 0.05) is 18.6 Å². The van der Waals surface area contributed by atoms with Crippen molar-refractivity contribution in [2.75, 3.05) is 11.6 Å². The van der Waals surface area contributed by atoms with E-state index < -0.39 is 0 Å². The van der Waals surface area contributed by atoms with Gasteiger partial charge < -0.3 is 4.74 Å². The zero-order valence-corrected chi connectivity index (χ0v) is 9.18. The molecular formula is C12H12N4O. The molecular weight excluding hydrogens is 216 g/mol. The highest BCUT2D eigenvalue weighted by atomic mass is 16.5. The van der Waals surface area contributed by atoms with Crippen LogP contribution in [-0.2, 0) is 4.74 Å². The summed E-state index contributed by atoms with van der Waals surface area (Å²) in [7, 11) is 0. The van der Waals surface area contributed by atoms with E-state index in [2.05, 4.69) is 16.0 Å². The van der Waals surface area contributed by atoms with Crippen molar-refractivity contribution in [3.05, 3.63) is 55.4 Å². The average molecular weight is 228 g/mol. The minimum absolute atomic E-state index is 0.124. The molecule has 1 aromatic heterocycles. The molecule has 0 saturated heterocycles. The van der Waals surface area contributed by atoms with Gasteiger partial charge in [0.25, 0.3) is 0 Å². The maximum atomic E-state index is 5.53. The van der Waals surface area contributed by atoms with Gasteiger partial charge in [-0.2, -0.15) is 0 Å². The number of rotatable bonds is 2. The highest BCUT2D eigenvalue weighted by Gasteiger charge is 2.25. The Kier molecular flexibility index (Phi) is 2.50. The molecule has 3 rings (SSSR count). The van der Waals surface area contributed by atoms with Crippen molar-refractivity contribution in [2.45, 2.75) is 6.23 Å². The van der Waals surface area contributed by atoms with E-state index in [0.717, 1.165) is 12.4 Å². The van der Waals surface area contributed by atoms with Gasteiger partial charge in [-0.25, -0.2) is 9.99 Å². The summed E-state index contributed by atoms with van der Waals surface area (Å²) in [4.78, 5) is 8.37. The molecule has 1 atom stereocenters. The van der Waals surface area contributed by atoms with Gasteiger partial charge in [0.15, 0.2) is 5.82 Å². The third-order valence-electron chi connectivity index (χ3n) is 2.57. The summed E-state index contributed by atoms with van der Waals surface area (Å²) >= 11 is 0. The molecule has 0 fully saturated rings. The first-order valence-electron chi connectivity index (χ1n) is 5.42. The van der Waals surface area contributed by atoms with E-state index in [4.69, 9.17) is 4.74 Å². The van der Waals surface area contributed by atoms with Gasteiger partial charge in [0.1, 0.15) is 0 Å². The van der Waals surface area contributed by atoms with Crippen LogP contribution >= 0.6 is 0 Å². The molecule has 2 aliphatic heterocycles. The van der Waals surface area contributed by atoms with Gasteiger partial charge >= 0.3 is 0 Å². The van der Waals surface area contributed by atoms with E-state index in [-0.39, 0.29) is 6.23 Å². The minimum atomic E-state index is -0.124. The van der Waals surface area contributed by atoms with E-state index in [1.54, 1.807) is 24.9 Å². The predicted molar refractivity (Wildman–Crippen MR) is 63.5 cm³/mol. The summed E-state index contributed by atoms with van der Waals surface area (Å²) in [5.74, 6) is 0.809. The van der Waals surface area contributed by atoms with Crippen LogP contribution in [0.25, 0.3) is 0 Å². The molecule has 0 aromatic carbocycles. The van der Waals surface area contributed by atoms with Crippen molar-refractivity contribution < 1.29 is 4.74 Å². The van der Waals surface area contributed by atoms with Crippen LogP contribution in [0.3, 0.4) is 0 Å². The van der Waals surface area contributed by atoms with Crippen LogP contribution in [0.15, 0.2) is 55.4 Å². The highest BCUT2D eigenvalue weighted by Crippen LogP contribution is 2.21. The molecule has 5 heteroatoms. The maximum Gasteiger partial charge on any atom is 0.208 e. The summed E-state index contributed by atoms with van der Waals surface area (Å²) in [5, 5.41) is 4.01. The van der Waals surface area contributed by atoms with E-state index in [1.807, 2.05) is 34.4 Å². The summed E-state index contributed by atoms with van der Waals surface area (Å²) in [6.45, 7) is 0.774. The van der Waals surface area contributed by atoms with Gasteiger partial charge in [-0.1, -0.05) is 6.08 Å². The first-order chi connectivity index (χ1) is 8.45. The van der Waals surface area contributed by atoms with Gasteiger partial charge in [-0.3, -0.25) is 9.99 Å². The molecule has 86 valence electrons. The Morgan fingerprint density at radius 3 is 3.06 bits per heavy atom. The fraction of sp³-hybridized carbons (Fsp3) is 0.167. The number of allylic oxidation sites excluding steroid dienone is 2. The van der Waals surface area contributed by atoms with Crippen molar-refractivity contribution in [1.29, 1.82) is 0 Å². The predicted octanol–water partition coefficient (Wildman–Crippen LogP) is 1.45. The Hall–Kier alpha value is -2.30. The summed E-state index contributed by atoms with van der Waals surface area (Å²) < 4.78 is 5.53. The van der Waals surface area contributed by atoms with Crippen LogP contribution in [-0.4, -0.2) is 27.7 Å². The number of anilines is 1. The fourth-order valence-electron chi connectivity index (χ4n) is 1.81. The fourth-order valence-corrected chi connectivity index (χ4v) is 1.81. The number of hydrazine groups is 1. The minimum Gasteiger partial charge on any atom is -0.473 e.